The molecule has 0 saturated heterocycles. The van der Waals surface area contributed by atoms with Crippen molar-refractivity contribution in [2.75, 3.05) is 0 Å². The van der Waals surface area contributed by atoms with Gasteiger partial charge in [-0.1, -0.05) is 78.9 Å². The summed E-state index contributed by atoms with van der Waals surface area (Å²) >= 11 is 0. The molecule has 0 spiro atoms. The number of hydrogen-bond donors (Lipinski definition) is 0. The van der Waals surface area contributed by atoms with E-state index in [2.05, 4.69) is 24.3 Å². The van der Waals surface area contributed by atoms with E-state index in [-0.39, 0.29) is 17.5 Å². The molecule has 0 aliphatic heterocycles. The van der Waals surface area contributed by atoms with Crippen LogP contribution in [0.2, 0.25) is 0 Å². The van der Waals surface area contributed by atoms with Crippen LogP contribution in [0.4, 0.5) is 0 Å². The third kappa shape index (κ3) is 3.07. The third-order valence-electron chi connectivity index (χ3n) is 5.14. The van der Waals surface area contributed by atoms with Gasteiger partial charge in [-0.3, -0.25) is 4.79 Å². The molecule has 0 fully saturated rings. The van der Waals surface area contributed by atoms with Crippen molar-refractivity contribution in [3.05, 3.63) is 132 Å². The Morgan fingerprint density at radius 3 is 1.93 bits per heavy atom. The molecule has 0 amide bonds. The van der Waals surface area contributed by atoms with Crippen LogP contribution in [0.15, 0.2) is 112 Å². The number of carbonyl (C=O) groups is 1. The smallest absolute Gasteiger partial charge is 0.263 e. The van der Waals surface area contributed by atoms with E-state index in [0.29, 0.717) is 11.3 Å². The van der Waals surface area contributed by atoms with Gasteiger partial charge in [0.1, 0.15) is 5.58 Å². The lowest BCUT2D eigenvalue weighted by Gasteiger charge is -2.19. The molecule has 0 saturated carbocycles. The molecule has 5 aromatic rings. The molecule has 3 aromatic carbocycles. The lowest BCUT2D eigenvalue weighted by Crippen LogP contribution is -2.09. The lowest BCUT2D eigenvalue weighted by molar-refractivity contribution is 0.0984. The van der Waals surface area contributed by atoms with Gasteiger partial charge in [0.2, 0.25) is 0 Å². The van der Waals surface area contributed by atoms with Crippen LogP contribution in [-0.4, -0.2) is 5.78 Å². The first-order valence-corrected chi connectivity index (χ1v) is 9.52. The predicted octanol–water partition coefficient (Wildman–Crippen LogP) is 6.44. The highest BCUT2D eigenvalue weighted by Crippen LogP contribution is 2.40. The number of benzene rings is 3. The van der Waals surface area contributed by atoms with Gasteiger partial charge in [-0.2, -0.15) is 0 Å². The first-order valence-electron chi connectivity index (χ1n) is 9.52. The highest BCUT2D eigenvalue weighted by molar-refractivity contribution is 6.09. The van der Waals surface area contributed by atoms with Crippen LogP contribution in [0.5, 0.6) is 0 Å². The zero-order chi connectivity index (χ0) is 19.6. The Bertz CT molecular complexity index is 1210. The summed E-state index contributed by atoms with van der Waals surface area (Å²) in [6.45, 7) is 0. The Morgan fingerprint density at radius 1 is 0.690 bits per heavy atom. The van der Waals surface area contributed by atoms with Gasteiger partial charge < -0.3 is 8.83 Å². The van der Waals surface area contributed by atoms with Crippen LogP contribution in [0, 0.1) is 0 Å². The number of rotatable bonds is 5. The van der Waals surface area contributed by atoms with Gasteiger partial charge in [0.05, 0.1) is 6.26 Å². The zero-order valence-corrected chi connectivity index (χ0v) is 15.6. The summed E-state index contributed by atoms with van der Waals surface area (Å²) in [5.74, 6) is 0.192. The minimum atomic E-state index is -0.252. The molecule has 0 atom stereocenters. The van der Waals surface area contributed by atoms with Crippen LogP contribution < -0.4 is 0 Å². The van der Waals surface area contributed by atoms with Crippen LogP contribution in [0.1, 0.15) is 38.9 Å². The molecule has 2 heterocycles. The Morgan fingerprint density at radius 2 is 1.31 bits per heavy atom. The first-order chi connectivity index (χ1) is 14.3. The third-order valence-corrected chi connectivity index (χ3v) is 5.14. The highest BCUT2D eigenvalue weighted by Gasteiger charge is 2.30. The Hall–Kier alpha value is -3.85. The molecule has 2 aromatic heterocycles. The monoisotopic (exact) mass is 378 g/mol. The number of hydrogen-bond acceptors (Lipinski definition) is 3. The molecular formula is C26H18O3. The normalized spacial score (nSPS) is 11.2. The molecule has 0 radical (unpaired) electrons. The van der Waals surface area contributed by atoms with Gasteiger partial charge >= 0.3 is 0 Å². The number of carbonyl (C=O) groups excluding carboxylic acids is 1. The second-order valence-corrected chi connectivity index (χ2v) is 6.90. The van der Waals surface area contributed by atoms with E-state index in [1.807, 2.05) is 60.7 Å². The van der Waals surface area contributed by atoms with E-state index in [1.165, 1.54) is 6.26 Å². The summed E-state index contributed by atoms with van der Waals surface area (Å²) < 4.78 is 11.5. The fourth-order valence-electron chi connectivity index (χ4n) is 3.86. The molecule has 0 unspecified atom stereocenters. The predicted molar refractivity (Wildman–Crippen MR) is 112 cm³/mol. The van der Waals surface area contributed by atoms with Crippen LogP contribution in [0.3, 0.4) is 0 Å². The topological polar surface area (TPSA) is 43.4 Å². The van der Waals surface area contributed by atoms with Crippen molar-refractivity contribution in [3.63, 3.8) is 0 Å². The second kappa shape index (κ2) is 7.28. The van der Waals surface area contributed by atoms with Gasteiger partial charge in [0.15, 0.2) is 11.5 Å². The maximum atomic E-state index is 13.3. The molecule has 3 heteroatoms. The van der Waals surface area contributed by atoms with E-state index in [4.69, 9.17) is 8.83 Å². The Balaban J connectivity index is 1.81. The molecular weight excluding hydrogens is 360 g/mol. The maximum Gasteiger partial charge on any atom is 0.263 e. The van der Waals surface area contributed by atoms with E-state index in [9.17, 15) is 4.79 Å². The largest absolute Gasteiger partial charge is 0.461 e. The fourth-order valence-corrected chi connectivity index (χ4v) is 3.86. The number of para-hydroxylation sites is 1. The summed E-state index contributed by atoms with van der Waals surface area (Å²) in [5, 5.41) is 0.931. The molecule has 0 aliphatic carbocycles. The molecule has 0 N–H and O–H groups in total. The molecule has 0 aliphatic rings. The molecule has 29 heavy (non-hydrogen) atoms. The summed E-state index contributed by atoms with van der Waals surface area (Å²) in [4.78, 5) is 13.3. The van der Waals surface area contributed by atoms with Crippen molar-refractivity contribution in [2.24, 2.45) is 0 Å². The zero-order valence-electron chi connectivity index (χ0n) is 15.6. The quantitative estimate of drug-likeness (QED) is 0.331. The van der Waals surface area contributed by atoms with E-state index in [1.54, 1.807) is 12.1 Å². The summed E-state index contributed by atoms with van der Waals surface area (Å²) in [6.07, 6.45) is 1.50. The van der Waals surface area contributed by atoms with Crippen molar-refractivity contribution < 1.29 is 13.6 Å². The van der Waals surface area contributed by atoms with E-state index >= 15 is 0 Å². The van der Waals surface area contributed by atoms with E-state index < -0.39 is 0 Å². The Labute approximate surface area is 168 Å². The van der Waals surface area contributed by atoms with Crippen molar-refractivity contribution in [1.82, 2.24) is 0 Å². The molecule has 140 valence electrons. The lowest BCUT2D eigenvalue weighted by atomic mass is 9.83. The van der Waals surface area contributed by atoms with Crippen molar-refractivity contribution in [2.45, 2.75) is 5.92 Å². The highest BCUT2D eigenvalue weighted by atomic mass is 16.4. The van der Waals surface area contributed by atoms with Crippen molar-refractivity contribution >= 4 is 16.8 Å². The maximum absolute atomic E-state index is 13.3. The average Bonchev–Trinajstić information content (AvgIpc) is 3.44. The minimum Gasteiger partial charge on any atom is -0.461 e. The van der Waals surface area contributed by atoms with Gasteiger partial charge in [-0.05, 0) is 29.3 Å². The van der Waals surface area contributed by atoms with Crippen molar-refractivity contribution in [1.29, 1.82) is 0 Å². The van der Waals surface area contributed by atoms with E-state index in [0.717, 1.165) is 22.1 Å². The molecule has 5 rings (SSSR count). The Kier molecular flexibility index (Phi) is 4.34. The number of furan rings is 2. The van der Waals surface area contributed by atoms with Gasteiger partial charge in [-0.15, -0.1) is 0 Å². The van der Waals surface area contributed by atoms with Gasteiger partial charge in [-0.25, -0.2) is 0 Å². The van der Waals surface area contributed by atoms with Crippen LogP contribution in [0.25, 0.3) is 11.0 Å². The van der Waals surface area contributed by atoms with Crippen LogP contribution in [-0.2, 0) is 0 Å². The fraction of sp³-hybridized carbons (Fsp3) is 0.0385. The van der Waals surface area contributed by atoms with Crippen LogP contribution >= 0.6 is 0 Å². The average molecular weight is 378 g/mol. The molecule has 3 nitrogen and oxygen atoms in total. The van der Waals surface area contributed by atoms with Gasteiger partial charge in [0.25, 0.3) is 5.78 Å². The van der Waals surface area contributed by atoms with Gasteiger partial charge in [0, 0.05) is 16.9 Å². The standard InChI is InChI=1S/C26H18O3/c27-25(22-16-9-17-28-22)26-24(20-14-7-8-15-21(20)29-26)23(18-10-3-1-4-11-18)19-12-5-2-6-13-19/h1-17,23H. The summed E-state index contributed by atoms with van der Waals surface area (Å²) in [7, 11) is 0. The number of ketones is 1. The number of fused-ring (bicyclic) bond motifs is 1. The summed E-state index contributed by atoms with van der Waals surface area (Å²) in [5.41, 5.74) is 3.74. The minimum absolute atomic E-state index is 0.144. The van der Waals surface area contributed by atoms with Crippen molar-refractivity contribution in [3.8, 4) is 0 Å². The first kappa shape index (κ1) is 17.3. The molecule has 0 bridgehead atoms. The second-order valence-electron chi connectivity index (χ2n) is 6.90. The summed E-state index contributed by atoms with van der Waals surface area (Å²) in [6, 6.07) is 31.5. The SMILES string of the molecule is O=C(c1ccco1)c1oc2ccccc2c1C(c1ccccc1)c1ccccc1.